The van der Waals surface area contributed by atoms with Gasteiger partial charge in [0.2, 0.25) is 6.41 Å². The SMILES string of the molecule is CNCC(C)(C)COCC(C)(C)CNC=O. The predicted octanol–water partition coefficient (Wildman–Crippen LogP) is 1.02. The smallest absolute Gasteiger partial charge is 0.207 e. The summed E-state index contributed by atoms with van der Waals surface area (Å²) in [6.07, 6.45) is 0.729. The number of hydrogen-bond acceptors (Lipinski definition) is 3. The second-order valence-electron chi connectivity index (χ2n) is 5.85. The molecular weight excluding hydrogens is 204 g/mol. The molecule has 0 spiro atoms. The Hall–Kier alpha value is -0.610. The average Bonchev–Trinajstić information content (AvgIpc) is 2.14. The van der Waals surface area contributed by atoms with Crippen molar-refractivity contribution in [1.29, 1.82) is 0 Å². The lowest BCUT2D eigenvalue weighted by Crippen LogP contribution is -2.36. The van der Waals surface area contributed by atoms with Crippen molar-refractivity contribution in [2.24, 2.45) is 10.8 Å². The van der Waals surface area contributed by atoms with E-state index in [4.69, 9.17) is 4.74 Å². The molecule has 0 fully saturated rings. The Morgan fingerprint density at radius 1 is 1.06 bits per heavy atom. The number of carbonyl (C=O) groups is 1. The van der Waals surface area contributed by atoms with Gasteiger partial charge in [-0.2, -0.15) is 0 Å². The van der Waals surface area contributed by atoms with Crippen molar-refractivity contribution >= 4 is 6.41 Å². The minimum Gasteiger partial charge on any atom is -0.380 e. The lowest BCUT2D eigenvalue weighted by atomic mass is 9.93. The molecule has 0 unspecified atom stereocenters. The minimum absolute atomic E-state index is 0.0172. The fourth-order valence-corrected chi connectivity index (χ4v) is 1.50. The average molecular weight is 230 g/mol. The topological polar surface area (TPSA) is 50.4 Å². The molecule has 4 nitrogen and oxygen atoms in total. The second-order valence-corrected chi connectivity index (χ2v) is 5.85. The molecule has 0 aliphatic carbocycles. The molecule has 16 heavy (non-hydrogen) atoms. The van der Waals surface area contributed by atoms with Crippen LogP contribution in [0.1, 0.15) is 27.7 Å². The molecule has 96 valence electrons. The number of rotatable bonds is 9. The van der Waals surface area contributed by atoms with Gasteiger partial charge in [-0.25, -0.2) is 0 Å². The van der Waals surface area contributed by atoms with Crippen molar-refractivity contribution in [3.63, 3.8) is 0 Å². The normalized spacial score (nSPS) is 12.6. The third kappa shape index (κ3) is 7.65. The van der Waals surface area contributed by atoms with Gasteiger partial charge in [-0.3, -0.25) is 4.79 Å². The molecule has 0 aliphatic rings. The van der Waals surface area contributed by atoms with Crippen LogP contribution in [0.25, 0.3) is 0 Å². The van der Waals surface area contributed by atoms with Crippen LogP contribution in [0.5, 0.6) is 0 Å². The van der Waals surface area contributed by atoms with Crippen LogP contribution >= 0.6 is 0 Å². The molecular formula is C12H26N2O2. The number of hydrogen-bond donors (Lipinski definition) is 2. The summed E-state index contributed by atoms with van der Waals surface area (Å²) in [5, 5.41) is 5.84. The maximum Gasteiger partial charge on any atom is 0.207 e. The minimum atomic E-state index is -0.0172. The molecule has 0 aliphatic heterocycles. The fourth-order valence-electron chi connectivity index (χ4n) is 1.50. The first kappa shape index (κ1) is 15.4. The highest BCUT2D eigenvalue weighted by Crippen LogP contribution is 2.18. The molecule has 0 aromatic carbocycles. The molecule has 0 rings (SSSR count). The second kappa shape index (κ2) is 6.86. The number of nitrogens with one attached hydrogen (secondary N) is 2. The fraction of sp³-hybridized carbons (Fsp3) is 0.917. The zero-order valence-corrected chi connectivity index (χ0v) is 11.2. The van der Waals surface area contributed by atoms with Crippen LogP contribution in [0.2, 0.25) is 0 Å². The molecule has 2 N–H and O–H groups in total. The molecule has 0 radical (unpaired) electrons. The Morgan fingerprint density at radius 3 is 2.00 bits per heavy atom. The maximum absolute atomic E-state index is 10.2. The van der Waals surface area contributed by atoms with E-state index in [1.807, 2.05) is 7.05 Å². The summed E-state index contributed by atoms with van der Waals surface area (Å²) in [6, 6.07) is 0. The van der Waals surface area contributed by atoms with Crippen molar-refractivity contribution in [2.75, 3.05) is 33.4 Å². The predicted molar refractivity (Wildman–Crippen MR) is 66.4 cm³/mol. The molecule has 0 aromatic rings. The van der Waals surface area contributed by atoms with Crippen LogP contribution in [0.15, 0.2) is 0 Å². The summed E-state index contributed by atoms with van der Waals surface area (Å²) >= 11 is 0. The zero-order valence-electron chi connectivity index (χ0n) is 11.2. The van der Waals surface area contributed by atoms with E-state index in [9.17, 15) is 4.79 Å². The van der Waals surface area contributed by atoms with Crippen molar-refractivity contribution in [1.82, 2.24) is 10.6 Å². The first-order valence-corrected chi connectivity index (χ1v) is 5.72. The van der Waals surface area contributed by atoms with Crippen LogP contribution in [0.4, 0.5) is 0 Å². The zero-order chi connectivity index (χ0) is 12.7. The van der Waals surface area contributed by atoms with E-state index in [1.54, 1.807) is 0 Å². The van der Waals surface area contributed by atoms with Gasteiger partial charge in [-0.05, 0) is 7.05 Å². The van der Waals surface area contributed by atoms with E-state index < -0.39 is 0 Å². The quantitative estimate of drug-likeness (QED) is 0.581. The Bertz CT molecular complexity index is 203. The molecule has 0 heterocycles. The Balaban J connectivity index is 3.82. The van der Waals surface area contributed by atoms with Crippen molar-refractivity contribution in [3.05, 3.63) is 0 Å². The first-order valence-electron chi connectivity index (χ1n) is 5.72. The standard InChI is InChI=1S/C12H26N2O2/c1-11(2,6-13-5)8-16-9-12(3,4)7-14-10-15/h10,13H,6-9H2,1-5H3,(H,14,15). The first-order chi connectivity index (χ1) is 7.33. The van der Waals surface area contributed by atoms with Gasteiger partial charge in [0, 0.05) is 23.9 Å². The third-order valence-electron chi connectivity index (χ3n) is 2.30. The van der Waals surface area contributed by atoms with Crippen molar-refractivity contribution in [3.8, 4) is 0 Å². The van der Waals surface area contributed by atoms with Gasteiger partial charge in [0.15, 0.2) is 0 Å². The summed E-state index contributed by atoms with van der Waals surface area (Å²) < 4.78 is 5.72. The highest BCUT2D eigenvalue weighted by Gasteiger charge is 2.21. The van der Waals surface area contributed by atoms with Crippen LogP contribution in [-0.2, 0) is 9.53 Å². The number of carbonyl (C=O) groups excluding carboxylic acids is 1. The monoisotopic (exact) mass is 230 g/mol. The lowest BCUT2D eigenvalue weighted by Gasteiger charge is -2.28. The summed E-state index contributed by atoms with van der Waals surface area (Å²) in [7, 11) is 1.94. The molecule has 0 atom stereocenters. The van der Waals surface area contributed by atoms with Crippen LogP contribution in [0, 0.1) is 10.8 Å². The highest BCUT2D eigenvalue weighted by atomic mass is 16.5. The van der Waals surface area contributed by atoms with Gasteiger partial charge in [0.1, 0.15) is 0 Å². The molecule has 1 amide bonds. The summed E-state index contributed by atoms with van der Waals surface area (Å²) in [5.74, 6) is 0. The summed E-state index contributed by atoms with van der Waals surface area (Å²) in [4.78, 5) is 10.2. The molecule has 4 heteroatoms. The summed E-state index contributed by atoms with van der Waals surface area (Å²) in [6.45, 7) is 11.4. The van der Waals surface area contributed by atoms with Gasteiger partial charge >= 0.3 is 0 Å². The van der Waals surface area contributed by atoms with Crippen LogP contribution < -0.4 is 10.6 Å². The van der Waals surface area contributed by atoms with E-state index in [2.05, 4.69) is 38.3 Å². The van der Waals surface area contributed by atoms with Gasteiger partial charge in [-0.15, -0.1) is 0 Å². The molecule has 0 bridgehead atoms. The van der Waals surface area contributed by atoms with Gasteiger partial charge in [-0.1, -0.05) is 27.7 Å². The van der Waals surface area contributed by atoms with E-state index in [0.717, 1.165) is 19.6 Å². The van der Waals surface area contributed by atoms with E-state index in [1.165, 1.54) is 0 Å². The molecule has 0 saturated heterocycles. The van der Waals surface area contributed by atoms with Crippen molar-refractivity contribution in [2.45, 2.75) is 27.7 Å². The lowest BCUT2D eigenvalue weighted by molar-refractivity contribution is -0.110. The number of amides is 1. The van der Waals surface area contributed by atoms with Crippen molar-refractivity contribution < 1.29 is 9.53 Å². The van der Waals surface area contributed by atoms with E-state index >= 15 is 0 Å². The van der Waals surface area contributed by atoms with Gasteiger partial charge in [0.25, 0.3) is 0 Å². The van der Waals surface area contributed by atoms with Crippen LogP contribution in [0.3, 0.4) is 0 Å². The van der Waals surface area contributed by atoms with Gasteiger partial charge < -0.3 is 15.4 Å². The Morgan fingerprint density at radius 2 is 1.56 bits per heavy atom. The third-order valence-corrected chi connectivity index (χ3v) is 2.30. The highest BCUT2D eigenvalue weighted by molar-refractivity contribution is 5.45. The van der Waals surface area contributed by atoms with E-state index in [-0.39, 0.29) is 10.8 Å². The maximum atomic E-state index is 10.2. The summed E-state index contributed by atoms with van der Waals surface area (Å²) in [5.41, 5.74) is 0.125. The van der Waals surface area contributed by atoms with Crippen LogP contribution in [-0.4, -0.2) is 39.8 Å². The van der Waals surface area contributed by atoms with E-state index in [0.29, 0.717) is 13.2 Å². The Labute approximate surface area is 99.1 Å². The number of ether oxygens (including phenoxy) is 1. The largest absolute Gasteiger partial charge is 0.380 e. The Kier molecular flexibility index (Phi) is 6.60. The molecule has 0 aromatic heterocycles. The van der Waals surface area contributed by atoms with Gasteiger partial charge in [0.05, 0.1) is 13.2 Å². The molecule has 0 saturated carbocycles.